The van der Waals surface area contributed by atoms with Gasteiger partial charge in [0, 0.05) is 19.8 Å². The number of carbonyl (C=O) groups excluding carboxylic acids is 2. The van der Waals surface area contributed by atoms with Gasteiger partial charge >= 0.3 is 11.9 Å². The molecule has 0 amide bonds. The van der Waals surface area contributed by atoms with E-state index in [1.807, 2.05) is 0 Å². The lowest BCUT2D eigenvalue weighted by molar-refractivity contribution is -0.148. The molecule has 1 aromatic carbocycles. The van der Waals surface area contributed by atoms with E-state index in [9.17, 15) is 18.0 Å². The van der Waals surface area contributed by atoms with Crippen LogP contribution in [0.1, 0.15) is 45.4 Å². The molecule has 10 heteroatoms. The number of benzene rings is 1. The Hall–Kier alpha value is -2.28. The molecule has 0 radical (unpaired) electrons. The van der Waals surface area contributed by atoms with Crippen LogP contribution >= 0.6 is 11.6 Å². The predicted octanol–water partition coefficient (Wildman–Crippen LogP) is 3.09. The van der Waals surface area contributed by atoms with E-state index in [0.29, 0.717) is 42.9 Å². The number of halogens is 1. The summed E-state index contributed by atoms with van der Waals surface area (Å²) in [5.41, 5.74) is 0. The second-order valence-corrected chi connectivity index (χ2v) is 9.23. The van der Waals surface area contributed by atoms with Crippen molar-refractivity contribution in [3.63, 3.8) is 0 Å². The monoisotopic (exact) mass is 487 g/mol. The number of unbranched alkanes of at least 4 members (excludes halogenated alkanes) is 2. The van der Waals surface area contributed by atoms with Crippen LogP contribution in [0.25, 0.3) is 0 Å². The fraction of sp³-hybridized carbons (Fsp3) is 0.545. The quantitative estimate of drug-likeness (QED) is 0.244. The highest BCUT2D eigenvalue weighted by Gasteiger charge is 2.15. The van der Waals surface area contributed by atoms with Gasteiger partial charge in [-0.1, -0.05) is 29.7 Å². The molecule has 0 heterocycles. The van der Waals surface area contributed by atoms with Gasteiger partial charge in [0.25, 0.3) is 0 Å². The first-order valence-electron chi connectivity index (χ1n) is 10.3. The number of sulfonamides is 1. The lowest BCUT2D eigenvalue weighted by Gasteiger charge is -2.18. The second-order valence-electron chi connectivity index (χ2n) is 6.89. The molecule has 0 saturated carbocycles. The highest BCUT2D eigenvalue weighted by Crippen LogP contribution is 2.23. The smallest absolute Gasteiger partial charge is 0.305 e. The molecule has 1 rings (SSSR count). The number of methoxy groups -OCH3 is 1. The van der Waals surface area contributed by atoms with Gasteiger partial charge in [-0.25, -0.2) is 13.1 Å². The molecule has 0 bridgehead atoms. The average Bonchev–Trinajstić information content (AvgIpc) is 2.74. The third-order valence-electron chi connectivity index (χ3n) is 4.20. The summed E-state index contributed by atoms with van der Waals surface area (Å²) in [6, 6.07) is 6.98. The number of para-hydroxylation sites is 1. The fourth-order valence-corrected chi connectivity index (χ4v) is 3.82. The Kier molecular flexibility index (Phi) is 13.5. The molecule has 1 aromatic rings. The number of rotatable bonds is 14. The van der Waals surface area contributed by atoms with Gasteiger partial charge in [-0.05, 0) is 37.8 Å². The third kappa shape index (κ3) is 13.2. The number of esters is 2. The van der Waals surface area contributed by atoms with Gasteiger partial charge in [0.2, 0.25) is 10.0 Å². The number of nitrogens with one attached hydrogen (secondary N) is 1. The second kappa shape index (κ2) is 15.5. The zero-order valence-electron chi connectivity index (χ0n) is 18.4. The Labute approximate surface area is 195 Å². The Bertz CT molecular complexity index is 893. The van der Waals surface area contributed by atoms with Crippen LogP contribution in [0.3, 0.4) is 0 Å². The van der Waals surface area contributed by atoms with Crippen molar-refractivity contribution < 1.29 is 32.2 Å². The summed E-state index contributed by atoms with van der Waals surface area (Å²) in [4.78, 5) is 22.3. The molecule has 0 aromatic heterocycles. The molecular weight excluding hydrogens is 458 g/mol. The minimum absolute atomic E-state index is 0.0162. The minimum atomic E-state index is -3.46. The Morgan fingerprint density at radius 2 is 1.91 bits per heavy atom. The largest absolute Gasteiger partial charge is 0.488 e. The van der Waals surface area contributed by atoms with Crippen molar-refractivity contribution in [2.75, 3.05) is 26.0 Å². The molecule has 0 saturated heterocycles. The number of ether oxygens (including phenoxy) is 3. The van der Waals surface area contributed by atoms with Crippen LogP contribution in [0.5, 0.6) is 5.75 Å². The molecule has 0 fully saturated rings. The molecule has 8 nitrogen and oxygen atoms in total. The van der Waals surface area contributed by atoms with Crippen LogP contribution in [-0.4, -0.2) is 52.5 Å². The van der Waals surface area contributed by atoms with Gasteiger partial charge in [0.05, 0.1) is 24.4 Å². The highest BCUT2D eigenvalue weighted by atomic mass is 35.5. The van der Waals surface area contributed by atoms with E-state index in [1.165, 1.54) is 14.0 Å². The summed E-state index contributed by atoms with van der Waals surface area (Å²) >= 11 is 6.05. The van der Waals surface area contributed by atoms with Crippen molar-refractivity contribution in [2.24, 2.45) is 0 Å². The molecule has 0 aliphatic rings. The average molecular weight is 488 g/mol. The van der Waals surface area contributed by atoms with Gasteiger partial charge in [0.1, 0.15) is 18.5 Å². The summed E-state index contributed by atoms with van der Waals surface area (Å²) in [6.07, 6.45) is 2.22. The van der Waals surface area contributed by atoms with E-state index in [0.717, 1.165) is 0 Å². The lowest BCUT2D eigenvalue weighted by atomic mass is 10.2. The normalized spacial score (nSPS) is 11.7. The maximum Gasteiger partial charge on any atom is 0.305 e. The summed E-state index contributed by atoms with van der Waals surface area (Å²) in [5, 5.41) is 0.456. The summed E-state index contributed by atoms with van der Waals surface area (Å²) in [7, 11) is -2.13. The number of hydrogen-bond donors (Lipinski definition) is 1. The van der Waals surface area contributed by atoms with E-state index in [1.54, 1.807) is 24.3 Å². The molecule has 1 N–H and O–H groups in total. The van der Waals surface area contributed by atoms with E-state index in [2.05, 4.69) is 21.3 Å². The topological polar surface area (TPSA) is 108 Å². The van der Waals surface area contributed by atoms with Crippen LogP contribution in [0, 0.1) is 11.8 Å². The molecule has 0 aliphatic heterocycles. The van der Waals surface area contributed by atoms with Crippen LogP contribution in [-0.2, 0) is 29.1 Å². The maximum absolute atomic E-state index is 12.1. The van der Waals surface area contributed by atoms with Gasteiger partial charge < -0.3 is 14.2 Å². The Morgan fingerprint density at radius 3 is 2.59 bits per heavy atom. The van der Waals surface area contributed by atoms with Crippen molar-refractivity contribution in [1.29, 1.82) is 0 Å². The third-order valence-corrected chi connectivity index (χ3v) is 5.92. The standard InChI is InChI=1S/C22H30ClNO7S/c1-18(25)31-19(17-30-21-13-7-6-12-20(21)23)11-8-10-16-32(27,28)24-15-9-4-3-5-14-22(26)29-2/h6-7,12-13,19,24H,3,5,8,10-11,14-17H2,1-2H3. The summed E-state index contributed by atoms with van der Waals surface area (Å²) < 4.78 is 41.9. The fourth-order valence-electron chi connectivity index (χ4n) is 2.61. The molecule has 32 heavy (non-hydrogen) atoms. The molecule has 1 atom stereocenters. The predicted molar refractivity (Wildman–Crippen MR) is 122 cm³/mol. The minimum Gasteiger partial charge on any atom is -0.488 e. The van der Waals surface area contributed by atoms with Gasteiger partial charge in [-0.15, -0.1) is 5.92 Å². The number of carbonyl (C=O) groups is 2. The van der Waals surface area contributed by atoms with Crippen molar-refractivity contribution in [3.8, 4) is 17.6 Å². The lowest BCUT2D eigenvalue weighted by Crippen LogP contribution is -2.27. The van der Waals surface area contributed by atoms with E-state index < -0.39 is 22.1 Å². The van der Waals surface area contributed by atoms with E-state index >= 15 is 0 Å². The van der Waals surface area contributed by atoms with E-state index in [-0.39, 0.29) is 31.3 Å². The van der Waals surface area contributed by atoms with Crippen LogP contribution in [0.15, 0.2) is 24.3 Å². The first-order chi connectivity index (χ1) is 15.2. The molecule has 0 aliphatic carbocycles. The first kappa shape index (κ1) is 27.8. The molecule has 0 spiro atoms. The SMILES string of the molecule is COC(=O)CCCC#CCNS(=O)(=O)CCCCC(COc1ccccc1Cl)OC(C)=O. The van der Waals surface area contributed by atoms with Crippen LogP contribution < -0.4 is 9.46 Å². The van der Waals surface area contributed by atoms with Crippen molar-refractivity contribution in [1.82, 2.24) is 4.72 Å². The molecular formula is C22H30ClNO7S. The Balaban J connectivity index is 2.32. The highest BCUT2D eigenvalue weighted by molar-refractivity contribution is 7.89. The zero-order valence-corrected chi connectivity index (χ0v) is 20.0. The maximum atomic E-state index is 12.1. The van der Waals surface area contributed by atoms with Gasteiger partial charge in [0.15, 0.2) is 0 Å². The van der Waals surface area contributed by atoms with Gasteiger partial charge in [-0.2, -0.15) is 0 Å². The zero-order chi connectivity index (χ0) is 23.8. The van der Waals surface area contributed by atoms with Crippen LogP contribution in [0.2, 0.25) is 5.02 Å². The van der Waals surface area contributed by atoms with Crippen molar-refractivity contribution >= 4 is 33.6 Å². The van der Waals surface area contributed by atoms with Gasteiger partial charge in [-0.3, -0.25) is 9.59 Å². The number of hydrogen-bond acceptors (Lipinski definition) is 7. The summed E-state index contributed by atoms with van der Waals surface area (Å²) in [6.45, 7) is 1.45. The van der Waals surface area contributed by atoms with Crippen LogP contribution in [0.4, 0.5) is 0 Å². The van der Waals surface area contributed by atoms with E-state index in [4.69, 9.17) is 21.1 Å². The van der Waals surface area contributed by atoms with Crippen molar-refractivity contribution in [2.45, 2.75) is 51.6 Å². The van der Waals surface area contributed by atoms with Crippen molar-refractivity contribution in [3.05, 3.63) is 29.3 Å². The molecule has 178 valence electrons. The molecule has 1 unspecified atom stereocenters. The first-order valence-corrected chi connectivity index (χ1v) is 12.3. The Morgan fingerprint density at radius 1 is 1.16 bits per heavy atom. The summed E-state index contributed by atoms with van der Waals surface area (Å²) in [5.74, 6) is 5.24.